The van der Waals surface area contributed by atoms with Crippen molar-refractivity contribution >= 4 is 23.8 Å². The smallest absolute Gasteiger partial charge is 0.305 e. The number of unbranched alkanes of at least 4 members (excludes halogenated alkanes) is 16. The standard InChI is InChI=1S/C38H72N2O8/c1-7-45-37(43)27-23-19-15-11-9-13-17-21-25-29-40(36(42)32-48-34(4)33(3)47-31-35(41)39(5)6)30-26-22-18-14-10-12-16-20-24-28-38(44)46-8-2/h33-34H,7-32H2,1-6H3/t33-,34-/m1/s1. The Hall–Kier alpha value is -2.20. The number of carbonyl (C=O) groups is 4. The van der Waals surface area contributed by atoms with E-state index in [4.69, 9.17) is 18.9 Å². The Labute approximate surface area is 293 Å². The molecular formula is C38H72N2O8. The Morgan fingerprint density at radius 3 is 1.12 bits per heavy atom. The highest BCUT2D eigenvalue weighted by molar-refractivity contribution is 5.77. The zero-order valence-electron chi connectivity index (χ0n) is 31.7. The lowest BCUT2D eigenvalue weighted by Gasteiger charge is -2.25. The molecule has 2 atom stereocenters. The number of esters is 2. The summed E-state index contributed by atoms with van der Waals surface area (Å²) in [6.07, 6.45) is 20.5. The molecule has 0 radical (unpaired) electrons. The molecule has 0 aromatic carbocycles. The van der Waals surface area contributed by atoms with Gasteiger partial charge in [0.05, 0.1) is 25.4 Å². The van der Waals surface area contributed by atoms with Crippen molar-refractivity contribution in [3.05, 3.63) is 0 Å². The first-order valence-electron chi connectivity index (χ1n) is 19.1. The zero-order valence-corrected chi connectivity index (χ0v) is 31.7. The third kappa shape index (κ3) is 27.7. The molecule has 0 saturated carbocycles. The Kier molecular flexibility index (Phi) is 30.6. The van der Waals surface area contributed by atoms with E-state index in [1.165, 1.54) is 56.3 Å². The highest BCUT2D eigenvalue weighted by Crippen LogP contribution is 2.14. The third-order valence-electron chi connectivity index (χ3n) is 8.68. The molecular weight excluding hydrogens is 612 g/mol. The van der Waals surface area contributed by atoms with Gasteiger partial charge in [0.1, 0.15) is 13.2 Å². The van der Waals surface area contributed by atoms with Crippen LogP contribution < -0.4 is 0 Å². The van der Waals surface area contributed by atoms with Gasteiger partial charge in [0.25, 0.3) is 0 Å². The van der Waals surface area contributed by atoms with Crippen molar-refractivity contribution in [2.75, 3.05) is 53.6 Å². The van der Waals surface area contributed by atoms with Crippen LogP contribution in [0.25, 0.3) is 0 Å². The van der Waals surface area contributed by atoms with Crippen molar-refractivity contribution in [3.8, 4) is 0 Å². The number of nitrogens with zero attached hydrogens (tertiary/aromatic N) is 2. The maximum atomic E-state index is 13.2. The summed E-state index contributed by atoms with van der Waals surface area (Å²) in [4.78, 5) is 51.4. The van der Waals surface area contributed by atoms with Crippen LogP contribution in [-0.4, -0.2) is 99.4 Å². The van der Waals surface area contributed by atoms with Crippen LogP contribution in [0.15, 0.2) is 0 Å². The average Bonchev–Trinajstić information content (AvgIpc) is 3.06. The molecule has 0 aliphatic carbocycles. The predicted molar refractivity (Wildman–Crippen MR) is 192 cm³/mol. The van der Waals surface area contributed by atoms with Crippen molar-refractivity contribution in [2.45, 2.75) is 168 Å². The zero-order chi connectivity index (χ0) is 35.8. The van der Waals surface area contributed by atoms with Crippen molar-refractivity contribution < 1.29 is 38.1 Å². The van der Waals surface area contributed by atoms with Gasteiger partial charge in [-0.05, 0) is 53.4 Å². The lowest BCUT2D eigenvalue weighted by Crippen LogP contribution is -2.38. The minimum absolute atomic E-state index is 0.00704. The van der Waals surface area contributed by atoms with Gasteiger partial charge in [-0.1, -0.05) is 89.9 Å². The summed E-state index contributed by atoms with van der Waals surface area (Å²) in [6, 6.07) is 0. The minimum atomic E-state index is -0.305. The third-order valence-corrected chi connectivity index (χ3v) is 8.68. The number of amides is 2. The Morgan fingerprint density at radius 1 is 0.479 bits per heavy atom. The van der Waals surface area contributed by atoms with Crippen LogP contribution in [0.4, 0.5) is 0 Å². The Bertz CT molecular complexity index is 783. The predicted octanol–water partition coefficient (Wildman–Crippen LogP) is 7.64. The maximum Gasteiger partial charge on any atom is 0.305 e. The Morgan fingerprint density at radius 2 is 0.792 bits per heavy atom. The first kappa shape index (κ1) is 45.8. The molecule has 10 nitrogen and oxygen atoms in total. The number of likely N-dealkylation sites (N-methyl/N-ethyl adjacent to an activating group) is 1. The van der Waals surface area contributed by atoms with E-state index in [2.05, 4.69) is 0 Å². The van der Waals surface area contributed by atoms with Gasteiger partial charge in [0.2, 0.25) is 11.8 Å². The number of hydrogen-bond donors (Lipinski definition) is 0. The van der Waals surface area contributed by atoms with Crippen LogP contribution in [0.1, 0.15) is 156 Å². The molecule has 2 amide bonds. The molecule has 0 N–H and O–H groups in total. The molecule has 282 valence electrons. The summed E-state index contributed by atoms with van der Waals surface area (Å²) >= 11 is 0. The van der Waals surface area contributed by atoms with Crippen molar-refractivity contribution in [1.29, 1.82) is 0 Å². The molecule has 0 unspecified atom stereocenters. The van der Waals surface area contributed by atoms with Crippen LogP contribution in [0.5, 0.6) is 0 Å². The van der Waals surface area contributed by atoms with Gasteiger partial charge >= 0.3 is 11.9 Å². The number of rotatable bonds is 33. The molecule has 0 spiro atoms. The van der Waals surface area contributed by atoms with Gasteiger partial charge < -0.3 is 28.7 Å². The van der Waals surface area contributed by atoms with E-state index >= 15 is 0 Å². The molecule has 0 heterocycles. The van der Waals surface area contributed by atoms with Crippen molar-refractivity contribution in [3.63, 3.8) is 0 Å². The lowest BCUT2D eigenvalue weighted by molar-refractivity contribution is -0.146. The molecule has 0 aliphatic rings. The van der Waals surface area contributed by atoms with Crippen molar-refractivity contribution in [1.82, 2.24) is 9.80 Å². The van der Waals surface area contributed by atoms with Crippen LogP contribution in [-0.2, 0) is 38.1 Å². The number of ether oxygens (including phenoxy) is 4. The van der Waals surface area contributed by atoms with Crippen LogP contribution >= 0.6 is 0 Å². The van der Waals surface area contributed by atoms with Gasteiger partial charge in [-0.2, -0.15) is 0 Å². The molecule has 0 fully saturated rings. The molecule has 0 bridgehead atoms. The second kappa shape index (κ2) is 32.0. The highest BCUT2D eigenvalue weighted by Gasteiger charge is 2.19. The van der Waals surface area contributed by atoms with E-state index in [9.17, 15) is 19.2 Å². The minimum Gasteiger partial charge on any atom is -0.466 e. The monoisotopic (exact) mass is 685 g/mol. The molecule has 0 aromatic heterocycles. The van der Waals surface area contributed by atoms with Crippen LogP contribution in [0.2, 0.25) is 0 Å². The van der Waals surface area contributed by atoms with E-state index in [0.717, 1.165) is 77.3 Å². The fourth-order valence-corrected chi connectivity index (χ4v) is 5.34. The van der Waals surface area contributed by atoms with E-state index in [1.807, 2.05) is 32.6 Å². The Balaban J connectivity index is 4.39. The first-order chi connectivity index (χ1) is 23.1. The average molecular weight is 685 g/mol. The lowest BCUT2D eigenvalue weighted by atomic mass is 10.1. The van der Waals surface area contributed by atoms with E-state index in [-0.39, 0.29) is 49.2 Å². The largest absolute Gasteiger partial charge is 0.466 e. The summed E-state index contributed by atoms with van der Waals surface area (Å²) in [7, 11) is 3.39. The fraction of sp³-hybridized carbons (Fsp3) is 0.895. The topological polar surface area (TPSA) is 112 Å². The molecule has 0 aromatic rings. The normalized spacial score (nSPS) is 12.4. The van der Waals surface area contributed by atoms with Crippen LogP contribution in [0.3, 0.4) is 0 Å². The SMILES string of the molecule is CCOC(=O)CCCCCCCCCCCN(CCCCCCCCCCCC(=O)OCC)C(=O)CO[C@H](C)[C@@H](C)OCC(=O)N(C)C. The van der Waals surface area contributed by atoms with E-state index < -0.39 is 0 Å². The van der Waals surface area contributed by atoms with Crippen molar-refractivity contribution in [2.24, 2.45) is 0 Å². The maximum absolute atomic E-state index is 13.2. The quantitative estimate of drug-likeness (QED) is 0.0512. The van der Waals surface area contributed by atoms with Gasteiger partial charge in [-0.15, -0.1) is 0 Å². The van der Waals surface area contributed by atoms with E-state index in [0.29, 0.717) is 26.1 Å². The second-order valence-corrected chi connectivity index (χ2v) is 13.2. The molecule has 10 heteroatoms. The van der Waals surface area contributed by atoms with E-state index in [1.54, 1.807) is 14.1 Å². The number of carbonyl (C=O) groups excluding carboxylic acids is 4. The highest BCUT2D eigenvalue weighted by atomic mass is 16.5. The van der Waals surface area contributed by atoms with Crippen LogP contribution in [0, 0.1) is 0 Å². The van der Waals surface area contributed by atoms with Gasteiger partial charge in [-0.25, -0.2) is 0 Å². The molecule has 48 heavy (non-hydrogen) atoms. The molecule has 0 rings (SSSR count). The summed E-state index contributed by atoms with van der Waals surface area (Å²) < 4.78 is 21.5. The number of hydrogen-bond acceptors (Lipinski definition) is 8. The first-order valence-corrected chi connectivity index (χ1v) is 19.1. The van der Waals surface area contributed by atoms with Gasteiger partial charge in [0.15, 0.2) is 0 Å². The molecule has 0 aliphatic heterocycles. The van der Waals surface area contributed by atoms with Gasteiger partial charge in [-0.3, -0.25) is 19.2 Å². The molecule has 0 saturated heterocycles. The second-order valence-electron chi connectivity index (χ2n) is 13.2. The summed E-state index contributed by atoms with van der Waals surface area (Å²) in [5.74, 6) is -0.262. The summed E-state index contributed by atoms with van der Waals surface area (Å²) in [5.41, 5.74) is 0. The summed E-state index contributed by atoms with van der Waals surface area (Å²) in [6.45, 7) is 9.84. The van der Waals surface area contributed by atoms with Gasteiger partial charge in [0, 0.05) is 40.0 Å². The summed E-state index contributed by atoms with van der Waals surface area (Å²) in [5, 5.41) is 0. The fourth-order valence-electron chi connectivity index (χ4n) is 5.34.